The fourth-order valence-corrected chi connectivity index (χ4v) is 3.39. The van der Waals surface area contributed by atoms with E-state index in [0.29, 0.717) is 18.6 Å². The standard InChI is InChI=1S/C9H14N2OS3/c1-3-7(12)5-4-6-14-9-11-10-8(13-2)15-9/h3-6H2,1-2H3. The van der Waals surface area contributed by atoms with Gasteiger partial charge in [0, 0.05) is 18.6 Å². The molecule has 0 aliphatic heterocycles. The lowest BCUT2D eigenvalue weighted by Gasteiger charge is -1.96. The highest BCUT2D eigenvalue weighted by Crippen LogP contribution is 2.27. The Kier molecular flexibility index (Phi) is 6.28. The second-order valence-corrected chi connectivity index (χ2v) is 6.26. The van der Waals surface area contributed by atoms with E-state index in [4.69, 9.17) is 0 Å². The van der Waals surface area contributed by atoms with Gasteiger partial charge in [0.25, 0.3) is 0 Å². The van der Waals surface area contributed by atoms with Crippen LogP contribution in [0.3, 0.4) is 0 Å². The number of Topliss-reactive ketones (excluding diaryl/α,β-unsaturated/α-hetero) is 1. The van der Waals surface area contributed by atoms with Crippen LogP contribution >= 0.6 is 34.9 Å². The van der Waals surface area contributed by atoms with E-state index in [1.54, 1.807) is 34.9 Å². The van der Waals surface area contributed by atoms with Crippen molar-refractivity contribution in [3.8, 4) is 0 Å². The SMILES string of the molecule is CCC(=O)CCCSc1nnc(SC)s1. The van der Waals surface area contributed by atoms with Crippen molar-refractivity contribution in [3.05, 3.63) is 0 Å². The first-order valence-electron chi connectivity index (χ1n) is 4.78. The van der Waals surface area contributed by atoms with Crippen LogP contribution in [0.15, 0.2) is 8.68 Å². The molecule has 6 heteroatoms. The molecule has 0 amide bonds. The Morgan fingerprint density at radius 3 is 2.73 bits per heavy atom. The Labute approximate surface area is 102 Å². The maximum Gasteiger partial charge on any atom is 0.175 e. The van der Waals surface area contributed by atoms with Crippen LogP contribution in [0.1, 0.15) is 26.2 Å². The van der Waals surface area contributed by atoms with Gasteiger partial charge in [0.1, 0.15) is 5.78 Å². The second kappa shape index (κ2) is 7.24. The summed E-state index contributed by atoms with van der Waals surface area (Å²) in [6, 6.07) is 0. The van der Waals surface area contributed by atoms with Crippen molar-refractivity contribution in [2.24, 2.45) is 0 Å². The largest absolute Gasteiger partial charge is 0.300 e. The molecule has 3 nitrogen and oxygen atoms in total. The summed E-state index contributed by atoms with van der Waals surface area (Å²) in [5.74, 6) is 1.30. The molecule has 0 bridgehead atoms. The summed E-state index contributed by atoms with van der Waals surface area (Å²) in [5.41, 5.74) is 0. The molecule has 0 spiro atoms. The predicted octanol–water partition coefficient (Wildman–Crippen LogP) is 3.11. The molecule has 1 aromatic heterocycles. The summed E-state index contributed by atoms with van der Waals surface area (Å²) in [7, 11) is 0. The van der Waals surface area contributed by atoms with Crippen LogP contribution in [0.25, 0.3) is 0 Å². The molecule has 0 saturated carbocycles. The molecule has 0 saturated heterocycles. The van der Waals surface area contributed by atoms with Gasteiger partial charge in [0.2, 0.25) is 0 Å². The number of rotatable bonds is 7. The Balaban J connectivity index is 2.17. The van der Waals surface area contributed by atoms with Crippen LogP contribution in [0, 0.1) is 0 Å². The van der Waals surface area contributed by atoms with Gasteiger partial charge in [-0.2, -0.15) is 0 Å². The number of thioether (sulfide) groups is 2. The Morgan fingerprint density at radius 1 is 1.40 bits per heavy atom. The Morgan fingerprint density at radius 2 is 2.13 bits per heavy atom. The molecule has 0 N–H and O–H groups in total. The molecule has 1 rings (SSSR count). The van der Waals surface area contributed by atoms with Gasteiger partial charge in [-0.25, -0.2) is 0 Å². The number of nitrogens with zero attached hydrogens (tertiary/aromatic N) is 2. The number of aromatic nitrogens is 2. The Hall–Kier alpha value is -0.0700. The number of ketones is 1. The van der Waals surface area contributed by atoms with E-state index in [1.165, 1.54) is 0 Å². The van der Waals surface area contributed by atoms with Crippen molar-refractivity contribution in [1.82, 2.24) is 10.2 Å². The molecule has 84 valence electrons. The molecule has 0 radical (unpaired) electrons. The minimum absolute atomic E-state index is 0.345. The van der Waals surface area contributed by atoms with Crippen LogP contribution in [0.2, 0.25) is 0 Å². The number of hydrogen-bond acceptors (Lipinski definition) is 6. The van der Waals surface area contributed by atoms with Crippen LogP contribution < -0.4 is 0 Å². The number of carbonyl (C=O) groups is 1. The van der Waals surface area contributed by atoms with Gasteiger partial charge < -0.3 is 0 Å². The van der Waals surface area contributed by atoms with Crippen molar-refractivity contribution in [3.63, 3.8) is 0 Å². The lowest BCUT2D eigenvalue weighted by Crippen LogP contribution is -1.95. The molecular formula is C9H14N2OS3. The zero-order valence-corrected chi connectivity index (χ0v) is 11.3. The topological polar surface area (TPSA) is 42.9 Å². The summed E-state index contributed by atoms with van der Waals surface area (Å²) < 4.78 is 2.01. The first kappa shape index (κ1) is 13.0. The zero-order valence-electron chi connectivity index (χ0n) is 8.86. The van der Waals surface area contributed by atoms with Gasteiger partial charge in [-0.3, -0.25) is 4.79 Å². The van der Waals surface area contributed by atoms with Crippen molar-refractivity contribution < 1.29 is 4.79 Å². The van der Waals surface area contributed by atoms with E-state index < -0.39 is 0 Å². The third kappa shape index (κ3) is 4.99. The van der Waals surface area contributed by atoms with Gasteiger partial charge in [0.05, 0.1) is 0 Å². The molecule has 0 aromatic carbocycles. The fraction of sp³-hybridized carbons (Fsp3) is 0.667. The first-order valence-corrected chi connectivity index (χ1v) is 7.81. The first-order chi connectivity index (χ1) is 7.26. The van der Waals surface area contributed by atoms with E-state index in [9.17, 15) is 4.79 Å². The maximum absolute atomic E-state index is 11.0. The van der Waals surface area contributed by atoms with Gasteiger partial charge in [0.15, 0.2) is 8.68 Å². The van der Waals surface area contributed by atoms with E-state index >= 15 is 0 Å². The van der Waals surface area contributed by atoms with Gasteiger partial charge in [-0.15, -0.1) is 10.2 Å². The fourth-order valence-electron chi connectivity index (χ4n) is 0.944. The Bertz CT molecular complexity index is 314. The van der Waals surface area contributed by atoms with Crippen molar-refractivity contribution in [2.75, 3.05) is 12.0 Å². The predicted molar refractivity (Wildman–Crippen MR) is 66.9 cm³/mol. The number of carbonyl (C=O) groups excluding carboxylic acids is 1. The molecule has 1 heterocycles. The minimum atomic E-state index is 0.345. The highest BCUT2D eigenvalue weighted by Gasteiger charge is 2.04. The molecule has 15 heavy (non-hydrogen) atoms. The summed E-state index contributed by atoms with van der Waals surface area (Å²) >= 11 is 4.92. The molecule has 0 fully saturated rings. The monoisotopic (exact) mass is 262 g/mol. The highest BCUT2D eigenvalue weighted by atomic mass is 32.2. The van der Waals surface area contributed by atoms with Crippen LogP contribution in [0.4, 0.5) is 0 Å². The van der Waals surface area contributed by atoms with E-state index in [-0.39, 0.29) is 0 Å². The molecule has 1 aromatic rings. The number of hydrogen-bond donors (Lipinski definition) is 0. The van der Waals surface area contributed by atoms with Crippen LogP contribution in [-0.2, 0) is 4.79 Å². The molecule has 0 unspecified atom stereocenters. The van der Waals surface area contributed by atoms with Crippen LogP contribution in [0.5, 0.6) is 0 Å². The van der Waals surface area contributed by atoms with Gasteiger partial charge >= 0.3 is 0 Å². The summed E-state index contributed by atoms with van der Waals surface area (Å²) in [6.07, 6.45) is 4.28. The molecule has 0 atom stereocenters. The summed E-state index contributed by atoms with van der Waals surface area (Å²) in [4.78, 5) is 11.0. The molecule has 0 aliphatic carbocycles. The van der Waals surface area contributed by atoms with E-state index in [0.717, 1.165) is 20.9 Å². The smallest absolute Gasteiger partial charge is 0.175 e. The van der Waals surface area contributed by atoms with Crippen molar-refractivity contribution in [1.29, 1.82) is 0 Å². The van der Waals surface area contributed by atoms with E-state index in [1.807, 2.05) is 13.2 Å². The summed E-state index contributed by atoms with van der Waals surface area (Å²) in [5, 5.41) is 8.06. The average molecular weight is 262 g/mol. The lowest BCUT2D eigenvalue weighted by atomic mass is 10.2. The summed E-state index contributed by atoms with van der Waals surface area (Å²) in [6.45, 7) is 1.91. The average Bonchev–Trinajstić information content (AvgIpc) is 2.72. The van der Waals surface area contributed by atoms with Gasteiger partial charge in [-0.1, -0.05) is 41.8 Å². The van der Waals surface area contributed by atoms with Crippen molar-refractivity contribution in [2.45, 2.75) is 34.9 Å². The maximum atomic E-state index is 11.0. The quantitative estimate of drug-likeness (QED) is 0.558. The lowest BCUT2D eigenvalue weighted by molar-refractivity contribution is -0.118. The normalized spacial score (nSPS) is 10.5. The van der Waals surface area contributed by atoms with Crippen LogP contribution in [-0.4, -0.2) is 28.0 Å². The highest BCUT2D eigenvalue weighted by molar-refractivity contribution is 8.02. The minimum Gasteiger partial charge on any atom is -0.300 e. The molecular weight excluding hydrogens is 248 g/mol. The van der Waals surface area contributed by atoms with Gasteiger partial charge in [-0.05, 0) is 12.7 Å². The van der Waals surface area contributed by atoms with Crippen molar-refractivity contribution >= 4 is 40.6 Å². The third-order valence-corrected chi connectivity index (χ3v) is 4.90. The van der Waals surface area contributed by atoms with E-state index in [2.05, 4.69) is 10.2 Å². The zero-order chi connectivity index (χ0) is 11.1. The second-order valence-electron chi connectivity index (χ2n) is 2.88. The molecule has 0 aliphatic rings. The third-order valence-electron chi connectivity index (χ3n) is 1.78.